The van der Waals surface area contributed by atoms with Gasteiger partial charge in [0.1, 0.15) is 26.4 Å². The Hall–Kier alpha value is -1.06. The van der Waals surface area contributed by atoms with Gasteiger partial charge in [-0.2, -0.15) is 4.31 Å². The van der Waals surface area contributed by atoms with Crippen molar-refractivity contribution in [2.45, 2.75) is 24.8 Å². The summed E-state index contributed by atoms with van der Waals surface area (Å²) in [6.45, 7) is 2.90. The van der Waals surface area contributed by atoms with Crippen LogP contribution in [0.25, 0.3) is 0 Å². The van der Waals surface area contributed by atoms with Gasteiger partial charge in [-0.1, -0.05) is 6.92 Å². The second kappa shape index (κ2) is 6.37. The number of rotatable bonds is 6. The van der Waals surface area contributed by atoms with E-state index in [-0.39, 0.29) is 12.3 Å². The summed E-state index contributed by atoms with van der Waals surface area (Å²) in [6.07, 6.45) is 0.989. The highest BCUT2D eigenvalue weighted by Crippen LogP contribution is 2.22. The number of halogens is 2. The van der Waals surface area contributed by atoms with E-state index < -0.39 is 42.4 Å². The largest absolute Gasteiger partial charge is 0.246 e. The molecule has 0 aromatic heterocycles. The van der Waals surface area contributed by atoms with Gasteiger partial charge in [0, 0.05) is 24.9 Å². The van der Waals surface area contributed by atoms with Gasteiger partial charge in [0.05, 0.1) is 5.75 Å². The number of benzene rings is 1. The monoisotopic (exact) mass is 341 g/mol. The second-order valence-electron chi connectivity index (χ2n) is 4.72. The SMILES string of the molecule is CCN([C@@H](C)CS(C)(=O)=O)S(=O)(=O)c1ccc(F)cc1F. The van der Waals surface area contributed by atoms with Crippen LogP contribution in [0.2, 0.25) is 0 Å². The Morgan fingerprint density at radius 3 is 2.19 bits per heavy atom. The molecule has 0 aliphatic rings. The molecule has 0 saturated heterocycles. The van der Waals surface area contributed by atoms with Crippen LogP contribution in [0.3, 0.4) is 0 Å². The van der Waals surface area contributed by atoms with Crippen molar-refractivity contribution in [3.63, 3.8) is 0 Å². The van der Waals surface area contributed by atoms with Gasteiger partial charge in [0.2, 0.25) is 10.0 Å². The molecular weight excluding hydrogens is 324 g/mol. The van der Waals surface area contributed by atoms with Crippen molar-refractivity contribution in [3.05, 3.63) is 29.8 Å². The summed E-state index contributed by atoms with van der Waals surface area (Å²) < 4.78 is 74.8. The molecule has 0 fully saturated rings. The van der Waals surface area contributed by atoms with E-state index in [0.717, 1.165) is 22.7 Å². The molecular formula is C12H17F2NO4S2. The van der Waals surface area contributed by atoms with E-state index in [1.54, 1.807) is 0 Å². The average Bonchev–Trinajstić information content (AvgIpc) is 2.25. The molecule has 5 nitrogen and oxygen atoms in total. The highest BCUT2D eigenvalue weighted by Gasteiger charge is 2.31. The summed E-state index contributed by atoms with van der Waals surface area (Å²) in [5.41, 5.74) is 0. The molecule has 0 radical (unpaired) electrons. The van der Waals surface area contributed by atoms with Crippen molar-refractivity contribution in [3.8, 4) is 0 Å². The van der Waals surface area contributed by atoms with Gasteiger partial charge < -0.3 is 0 Å². The lowest BCUT2D eigenvalue weighted by Crippen LogP contribution is -2.42. The summed E-state index contributed by atoms with van der Waals surface area (Å²) in [4.78, 5) is -0.675. The zero-order chi connectivity index (χ0) is 16.4. The maximum atomic E-state index is 13.7. The van der Waals surface area contributed by atoms with Crippen LogP contribution < -0.4 is 0 Å². The summed E-state index contributed by atoms with van der Waals surface area (Å²) in [7, 11) is -7.64. The Morgan fingerprint density at radius 1 is 1.19 bits per heavy atom. The van der Waals surface area contributed by atoms with Gasteiger partial charge in [0.25, 0.3) is 0 Å². The fraction of sp³-hybridized carbons (Fsp3) is 0.500. The third-order valence-corrected chi connectivity index (χ3v) is 6.04. The standard InChI is InChI=1S/C12H17F2NO4S2/c1-4-15(9(2)8-20(3,16)17)21(18,19)12-6-5-10(13)7-11(12)14/h5-7,9H,4,8H2,1-3H3/t9-/m0/s1. The van der Waals surface area contributed by atoms with Crippen LogP contribution in [0.1, 0.15) is 13.8 Å². The molecule has 9 heteroatoms. The molecule has 0 aliphatic carbocycles. The van der Waals surface area contributed by atoms with Crippen LogP contribution >= 0.6 is 0 Å². The van der Waals surface area contributed by atoms with Crippen LogP contribution in [0.5, 0.6) is 0 Å². The van der Waals surface area contributed by atoms with E-state index >= 15 is 0 Å². The smallest absolute Gasteiger partial charge is 0.229 e. The van der Waals surface area contributed by atoms with Crippen molar-refractivity contribution >= 4 is 19.9 Å². The Labute approximate surface area is 123 Å². The Kier molecular flexibility index (Phi) is 5.46. The van der Waals surface area contributed by atoms with Crippen molar-refractivity contribution in [1.82, 2.24) is 4.31 Å². The average molecular weight is 341 g/mol. The first-order chi connectivity index (χ1) is 9.49. The lowest BCUT2D eigenvalue weighted by atomic mass is 10.3. The van der Waals surface area contributed by atoms with Gasteiger partial charge in [-0.3, -0.25) is 0 Å². The Morgan fingerprint density at radius 2 is 1.76 bits per heavy atom. The van der Waals surface area contributed by atoms with E-state index in [1.165, 1.54) is 13.8 Å². The maximum Gasteiger partial charge on any atom is 0.246 e. The number of hydrogen-bond donors (Lipinski definition) is 0. The minimum Gasteiger partial charge on any atom is -0.229 e. The lowest BCUT2D eigenvalue weighted by molar-refractivity contribution is 0.367. The van der Waals surface area contributed by atoms with Gasteiger partial charge >= 0.3 is 0 Å². The topological polar surface area (TPSA) is 71.5 Å². The molecule has 0 aliphatic heterocycles. The molecule has 0 heterocycles. The van der Waals surface area contributed by atoms with Crippen molar-refractivity contribution in [2.75, 3.05) is 18.6 Å². The molecule has 0 N–H and O–H groups in total. The summed E-state index contributed by atoms with van der Waals surface area (Å²) >= 11 is 0. The number of sulfonamides is 1. The summed E-state index contributed by atoms with van der Waals surface area (Å²) in [5, 5.41) is 0. The first-order valence-electron chi connectivity index (χ1n) is 6.13. The molecule has 1 atom stereocenters. The maximum absolute atomic E-state index is 13.7. The van der Waals surface area contributed by atoms with Crippen LogP contribution in [0.15, 0.2) is 23.1 Å². The molecule has 0 unspecified atom stereocenters. The summed E-state index contributed by atoms with van der Waals surface area (Å²) in [5.74, 6) is -2.48. The molecule has 1 rings (SSSR count). The molecule has 0 amide bonds. The van der Waals surface area contributed by atoms with Crippen molar-refractivity contribution < 1.29 is 25.6 Å². The Bertz CT molecular complexity index is 717. The third kappa shape index (κ3) is 4.45. The van der Waals surface area contributed by atoms with Gasteiger partial charge in [0.15, 0.2) is 0 Å². The van der Waals surface area contributed by atoms with Crippen LogP contribution in [-0.2, 0) is 19.9 Å². The lowest BCUT2D eigenvalue weighted by Gasteiger charge is -2.26. The van der Waals surface area contributed by atoms with E-state index in [9.17, 15) is 25.6 Å². The number of hydrogen-bond acceptors (Lipinski definition) is 4. The highest BCUT2D eigenvalue weighted by atomic mass is 32.2. The van der Waals surface area contributed by atoms with Crippen molar-refractivity contribution in [2.24, 2.45) is 0 Å². The van der Waals surface area contributed by atoms with E-state index in [0.29, 0.717) is 6.07 Å². The minimum atomic E-state index is -4.24. The first-order valence-corrected chi connectivity index (χ1v) is 9.63. The molecule has 0 saturated carbocycles. The van der Waals surface area contributed by atoms with Crippen LogP contribution in [-0.4, -0.2) is 45.7 Å². The Balaban J connectivity index is 3.25. The zero-order valence-electron chi connectivity index (χ0n) is 11.9. The normalized spacial score (nSPS) is 14.4. The van der Waals surface area contributed by atoms with Crippen LogP contribution in [0, 0.1) is 11.6 Å². The molecule has 1 aromatic carbocycles. The molecule has 0 bridgehead atoms. The quantitative estimate of drug-likeness (QED) is 0.784. The number of nitrogens with zero attached hydrogens (tertiary/aromatic N) is 1. The fourth-order valence-electron chi connectivity index (χ4n) is 2.05. The highest BCUT2D eigenvalue weighted by molar-refractivity contribution is 7.91. The molecule has 1 aromatic rings. The van der Waals surface area contributed by atoms with Crippen molar-refractivity contribution in [1.29, 1.82) is 0 Å². The van der Waals surface area contributed by atoms with Gasteiger partial charge in [-0.05, 0) is 19.1 Å². The minimum absolute atomic E-state index is 0.0319. The van der Waals surface area contributed by atoms with Crippen LogP contribution in [0.4, 0.5) is 8.78 Å². The van der Waals surface area contributed by atoms with E-state index in [4.69, 9.17) is 0 Å². The zero-order valence-corrected chi connectivity index (χ0v) is 13.5. The fourth-order valence-corrected chi connectivity index (χ4v) is 4.89. The number of sulfone groups is 1. The van der Waals surface area contributed by atoms with E-state index in [1.807, 2.05) is 0 Å². The molecule has 21 heavy (non-hydrogen) atoms. The first kappa shape index (κ1) is 18.0. The van der Waals surface area contributed by atoms with E-state index in [2.05, 4.69) is 0 Å². The third-order valence-electron chi connectivity index (χ3n) is 2.83. The second-order valence-corrected chi connectivity index (χ2v) is 8.77. The predicted octanol–water partition coefficient (Wildman–Crippen LogP) is 1.41. The molecule has 120 valence electrons. The molecule has 0 spiro atoms. The summed E-state index contributed by atoms with van der Waals surface area (Å²) in [6, 6.07) is 1.28. The van der Waals surface area contributed by atoms with Gasteiger partial charge in [-0.25, -0.2) is 25.6 Å². The predicted molar refractivity (Wildman–Crippen MR) is 75.1 cm³/mol. The van der Waals surface area contributed by atoms with Gasteiger partial charge in [-0.15, -0.1) is 0 Å².